The van der Waals surface area contributed by atoms with Crippen LogP contribution in [0.1, 0.15) is 31.9 Å². The van der Waals surface area contributed by atoms with Gasteiger partial charge in [-0.05, 0) is 19.9 Å². The Kier molecular flexibility index (Phi) is 4.08. The molecule has 0 saturated carbocycles. The van der Waals surface area contributed by atoms with Crippen LogP contribution in [-0.4, -0.2) is 23.6 Å². The van der Waals surface area contributed by atoms with E-state index in [4.69, 9.17) is 9.84 Å². The summed E-state index contributed by atoms with van der Waals surface area (Å²) in [5, 5.41) is 11.8. The Hall–Kier alpha value is -2.30. The van der Waals surface area contributed by atoms with Crippen LogP contribution < -0.4 is 10.1 Å². The van der Waals surface area contributed by atoms with Crippen molar-refractivity contribution in [2.24, 2.45) is 0 Å². The monoisotopic (exact) mass is 275 g/mol. The predicted octanol–water partition coefficient (Wildman–Crippen LogP) is 2.05. The number of carboxylic acid groups (broad SMARTS) is 1. The fourth-order valence-electron chi connectivity index (χ4n) is 2.09. The molecule has 1 aromatic carbocycles. The summed E-state index contributed by atoms with van der Waals surface area (Å²) in [4.78, 5) is 23.0. The van der Waals surface area contributed by atoms with Crippen LogP contribution in [0.25, 0.3) is 0 Å². The molecule has 0 aliphatic carbocycles. The van der Waals surface area contributed by atoms with Gasteiger partial charge in [0.1, 0.15) is 5.75 Å². The molecule has 20 heavy (non-hydrogen) atoms. The third-order valence-corrected chi connectivity index (χ3v) is 3.49. The van der Waals surface area contributed by atoms with Crippen molar-refractivity contribution < 1.29 is 19.4 Å². The highest BCUT2D eigenvalue weighted by Gasteiger charge is 2.23. The molecule has 0 bridgehead atoms. The highest BCUT2D eigenvalue weighted by molar-refractivity contribution is 6.01. The smallest absolute Gasteiger partial charge is 0.331 e. The minimum atomic E-state index is -1.08. The van der Waals surface area contributed by atoms with Crippen LogP contribution in [0.15, 0.2) is 35.4 Å². The molecule has 0 aromatic heterocycles. The van der Waals surface area contributed by atoms with E-state index in [1.807, 2.05) is 24.3 Å². The van der Waals surface area contributed by atoms with E-state index in [2.05, 4.69) is 5.32 Å². The first-order chi connectivity index (χ1) is 9.50. The summed E-state index contributed by atoms with van der Waals surface area (Å²) in [6.07, 6.45) is 0.669. The number of benzene rings is 1. The van der Waals surface area contributed by atoms with E-state index in [0.717, 1.165) is 11.3 Å². The zero-order chi connectivity index (χ0) is 14.7. The minimum Gasteiger partial charge on any atom is -0.493 e. The van der Waals surface area contributed by atoms with Gasteiger partial charge < -0.3 is 15.2 Å². The molecule has 5 nitrogen and oxygen atoms in total. The number of amides is 1. The van der Waals surface area contributed by atoms with E-state index in [-0.39, 0.29) is 23.1 Å². The van der Waals surface area contributed by atoms with Gasteiger partial charge >= 0.3 is 5.97 Å². The number of para-hydroxylation sites is 1. The molecule has 1 atom stereocenters. The standard InChI is InChI=1S/C15H17NO4/c1-9(10(2)15(18)19)14(17)16-12-7-8-20-13-6-4-3-5-11(12)13/h3-6,12H,7-8H2,1-2H3,(H,16,17)(H,18,19). The zero-order valence-corrected chi connectivity index (χ0v) is 11.5. The lowest BCUT2D eigenvalue weighted by atomic mass is 10.00. The number of rotatable bonds is 3. The number of fused-ring (bicyclic) bond motifs is 1. The van der Waals surface area contributed by atoms with Gasteiger partial charge in [0.15, 0.2) is 0 Å². The van der Waals surface area contributed by atoms with Gasteiger partial charge in [-0.25, -0.2) is 4.79 Å². The van der Waals surface area contributed by atoms with E-state index in [1.165, 1.54) is 13.8 Å². The molecular formula is C15H17NO4. The maximum Gasteiger partial charge on any atom is 0.331 e. The van der Waals surface area contributed by atoms with E-state index in [1.54, 1.807) is 0 Å². The fourth-order valence-corrected chi connectivity index (χ4v) is 2.09. The van der Waals surface area contributed by atoms with E-state index < -0.39 is 5.97 Å². The third kappa shape index (κ3) is 2.82. The van der Waals surface area contributed by atoms with Crippen molar-refractivity contribution in [2.45, 2.75) is 26.3 Å². The average molecular weight is 275 g/mol. The van der Waals surface area contributed by atoms with Gasteiger partial charge in [-0.1, -0.05) is 18.2 Å². The first-order valence-corrected chi connectivity index (χ1v) is 6.44. The van der Waals surface area contributed by atoms with Crippen molar-refractivity contribution in [3.63, 3.8) is 0 Å². The number of hydrogen-bond acceptors (Lipinski definition) is 3. The predicted molar refractivity (Wildman–Crippen MR) is 73.4 cm³/mol. The summed E-state index contributed by atoms with van der Waals surface area (Å²) in [7, 11) is 0. The van der Waals surface area contributed by atoms with E-state index in [0.29, 0.717) is 13.0 Å². The average Bonchev–Trinajstić information content (AvgIpc) is 2.46. The fraction of sp³-hybridized carbons (Fsp3) is 0.333. The number of hydrogen-bond donors (Lipinski definition) is 2. The quantitative estimate of drug-likeness (QED) is 0.828. The van der Waals surface area contributed by atoms with Gasteiger partial charge in [0.2, 0.25) is 5.91 Å². The van der Waals surface area contributed by atoms with Gasteiger partial charge in [-0.3, -0.25) is 4.79 Å². The topological polar surface area (TPSA) is 75.6 Å². The summed E-state index contributed by atoms with van der Waals surface area (Å²) in [6.45, 7) is 3.47. The van der Waals surface area contributed by atoms with Crippen molar-refractivity contribution in [3.05, 3.63) is 41.0 Å². The Bertz CT molecular complexity index is 577. The molecular weight excluding hydrogens is 258 g/mol. The highest BCUT2D eigenvalue weighted by Crippen LogP contribution is 2.31. The van der Waals surface area contributed by atoms with Crippen LogP contribution in [0.4, 0.5) is 0 Å². The first-order valence-electron chi connectivity index (χ1n) is 6.44. The summed E-state index contributed by atoms with van der Waals surface area (Å²) in [5.74, 6) is -0.669. The number of carbonyl (C=O) groups is 2. The maximum atomic E-state index is 12.1. The largest absolute Gasteiger partial charge is 0.493 e. The summed E-state index contributed by atoms with van der Waals surface area (Å²) >= 11 is 0. The Balaban J connectivity index is 2.18. The van der Waals surface area contributed by atoms with Crippen LogP contribution in [0.2, 0.25) is 0 Å². The normalized spacial score (nSPS) is 18.4. The molecule has 1 aromatic rings. The molecule has 2 rings (SSSR count). The van der Waals surface area contributed by atoms with Crippen LogP contribution in [0.5, 0.6) is 5.75 Å². The molecule has 0 spiro atoms. The minimum absolute atomic E-state index is 0.0582. The van der Waals surface area contributed by atoms with Crippen molar-refractivity contribution in [2.75, 3.05) is 6.61 Å². The summed E-state index contributed by atoms with van der Waals surface area (Å²) < 4.78 is 5.52. The Morgan fingerprint density at radius 2 is 1.95 bits per heavy atom. The molecule has 2 N–H and O–H groups in total. The molecule has 0 fully saturated rings. The van der Waals surface area contributed by atoms with Crippen LogP contribution in [-0.2, 0) is 9.59 Å². The Morgan fingerprint density at radius 3 is 2.65 bits per heavy atom. The maximum absolute atomic E-state index is 12.1. The second-order valence-electron chi connectivity index (χ2n) is 4.76. The number of carboxylic acids is 1. The second-order valence-corrected chi connectivity index (χ2v) is 4.76. The molecule has 5 heteroatoms. The van der Waals surface area contributed by atoms with Crippen LogP contribution in [0, 0.1) is 0 Å². The van der Waals surface area contributed by atoms with Gasteiger partial charge in [0.05, 0.1) is 12.6 Å². The third-order valence-electron chi connectivity index (χ3n) is 3.49. The molecule has 1 amide bonds. The molecule has 106 valence electrons. The van der Waals surface area contributed by atoms with Gasteiger partial charge in [0.25, 0.3) is 0 Å². The number of carbonyl (C=O) groups excluding carboxylic acids is 1. The zero-order valence-electron chi connectivity index (χ0n) is 11.5. The lowest BCUT2D eigenvalue weighted by molar-refractivity contribution is -0.133. The lowest BCUT2D eigenvalue weighted by Gasteiger charge is -2.26. The number of ether oxygens (including phenoxy) is 1. The van der Waals surface area contributed by atoms with Crippen molar-refractivity contribution >= 4 is 11.9 Å². The highest BCUT2D eigenvalue weighted by atomic mass is 16.5. The van der Waals surface area contributed by atoms with Gasteiger partial charge in [0, 0.05) is 23.1 Å². The lowest BCUT2D eigenvalue weighted by Crippen LogP contribution is -2.33. The Morgan fingerprint density at radius 1 is 1.25 bits per heavy atom. The van der Waals surface area contributed by atoms with Gasteiger partial charge in [-0.15, -0.1) is 0 Å². The molecule has 1 aliphatic rings. The number of nitrogens with one attached hydrogen (secondary N) is 1. The molecule has 1 heterocycles. The Labute approximate surface area is 117 Å². The summed E-state index contributed by atoms with van der Waals surface area (Å²) in [5.41, 5.74) is 1.21. The molecule has 0 saturated heterocycles. The molecule has 1 unspecified atom stereocenters. The van der Waals surface area contributed by atoms with Crippen LogP contribution in [0.3, 0.4) is 0 Å². The van der Waals surface area contributed by atoms with Crippen molar-refractivity contribution in [1.29, 1.82) is 0 Å². The number of aliphatic carboxylic acids is 1. The first kappa shape index (κ1) is 14.1. The van der Waals surface area contributed by atoms with E-state index in [9.17, 15) is 9.59 Å². The van der Waals surface area contributed by atoms with Gasteiger partial charge in [-0.2, -0.15) is 0 Å². The molecule has 0 radical (unpaired) electrons. The van der Waals surface area contributed by atoms with Crippen LogP contribution >= 0.6 is 0 Å². The summed E-state index contributed by atoms with van der Waals surface area (Å²) in [6, 6.07) is 7.38. The SMILES string of the molecule is CC(C(=O)O)=C(C)C(=O)NC1CCOc2ccccc21. The van der Waals surface area contributed by atoms with Crippen molar-refractivity contribution in [1.82, 2.24) is 5.32 Å². The van der Waals surface area contributed by atoms with Crippen molar-refractivity contribution in [3.8, 4) is 5.75 Å². The second kappa shape index (κ2) is 5.77. The molecule has 1 aliphatic heterocycles. The van der Waals surface area contributed by atoms with E-state index >= 15 is 0 Å².